The summed E-state index contributed by atoms with van der Waals surface area (Å²) < 4.78 is 0. The van der Waals surface area contributed by atoms with Crippen molar-refractivity contribution in [1.29, 1.82) is 0 Å². The second-order valence-electron chi connectivity index (χ2n) is 5.42. The molecule has 0 saturated heterocycles. The maximum absolute atomic E-state index is 2.53. The first-order chi connectivity index (χ1) is 5.61. The molecule has 5 atom stereocenters. The molecule has 3 rings (SSSR count). The van der Waals surface area contributed by atoms with E-state index >= 15 is 0 Å². The van der Waals surface area contributed by atoms with Crippen LogP contribution in [0.2, 0.25) is 0 Å². The molecule has 0 aromatic rings. The van der Waals surface area contributed by atoms with Gasteiger partial charge in [0.1, 0.15) is 0 Å². The topological polar surface area (TPSA) is 0 Å². The van der Waals surface area contributed by atoms with Crippen LogP contribution < -0.4 is 0 Å². The van der Waals surface area contributed by atoms with Crippen LogP contribution in [0.25, 0.3) is 0 Å². The molecule has 0 radical (unpaired) electrons. The molecule has 0 spiro atoms. The fourth-order valence-electron chi connectivity index (χ4n) is 4.03. The highest BCUT2D eigenvalue weighted by molar-refractivity contribution is 5.11. The third kappa shape index (κ3) is 0.791. The van der Waals surface area contributed by atoms with Gasteiger partial charge in [-0.05, 0) is 41.9 Å². The molecule has 3 fully saturated rings. The molecule has 0 heterocycles. The van der Waals surface area contributed by atoms with Gasteiger partial charge in [0, 0.05) is 0 Å². The van der Waals surface area contributed by atoms with E-state index in [4.69, 9.17) is 0 Å². The lowest BCUT2D eigenvalue weighted by atomic mass is 9.58. The summed E-state index contributed by atoms with van der Waals surface area (Å²) >= 11 is 0. The highest BCUT2D eigenvalue weighted by Gasteiger charge is 2.62. The largest absolute Gasteiger partial charge is 0.0654 e. The minimum Gasteiger partial charge on any atom is -0.0654 e. The van der Waals surface area contributed by atoms with Gasteiger partial charge in [-0.25, -0.2) is 0 Å². The van der Waals surface area contributed by atoms with E-state index in [0.717, 1.165) is 29.1 Å². The minimum atomic E-state index is 0.736. The Morgan fingerprint density at radius 1 is 1.33 bits per heavy atom. The van der Waals surface area contributed by atoms with Crippen LogP contribution in [-0.2, 0) is 0 Å². The van der Waals surface area contributed by atoms with Gasteiger partial charge < -0.3 is 0 Å². The summed E-state index contributed by atoms with van der Waals surface area (Å²) in [5, 5.41) is 0. The first-order valence-corrected chi connectivity index (χ1v) is 5.61. The monoisotopic (exact) mass is 166 g/mol. The van der Waals surface area contributed by atoms with E-state index in [1.165, 1.54) is 19.3 Å². The Bertz CT molecular complexity index is 184. The molecule has 12 heavy (non-hydrogen) atoms. The number of rotatable bonds is 2. The molecule has 5 unspecified atom stereocenters. The van der Waals surface area contributed by atoms with E-state index in [1.54, 1.807) is 0 Å². The third-order valence-electron chi connectivity index (χ3n) is 5.14. The van der Waals surface area contributed by atoms with Crippen LogP contribution in [0.4, 0.5) is 0 Å². The molecular weight excluding hydrogens is 144 g/mol. The lowest BCUT2D eigenvalue weighted by Crippen LogP contribution is -2.39. The highest BCUT2D eigenvalue weighted by Crippen LogP contribution is 2.69. The van der Waals surface area contributed by atoms with Crippen LogP contribution in [-0.4, -0.2) is 0 Å². The van der Waals surface area contributed by atoms with Crippen molar-refractivity contribution in [2.45, 2.75) is 47.0 Å². The molecule has 2 bridgehead atoms. The van der Waals surface area contributed by atoms with E-state index in [1.807, 2.05) is 0 Å². The van der Waals surface area contributed by atoms with Crippen molar-refractivity contribution in [2.24, 2.45) is 29.1 Å². The van der Waals surface area contributed by atoms with E-state index in [9.17, 15) is 0 Å². The van der Waals surface area contributed by atoms with Crippen LogP contribution in [0.3, 0.4) is 0 Å². The molecular formula is C12H22. The van der Waals surface area contributed by atoms with Crippen molar-refractivity contribution in [3.05, 3.63) is 0 Å². The van der Waals surface area contributed by atoms with Gasteiger partial charge in [-0.15, -0.1) is 0 Å². The van der Waals surface area contributed by atoms with E-state index in [0.29, 0.717) is 0 Å². The van der Waals surface area contributed by atoms with E-state index < -0.39 is 0 Å². The van der Waals surface area contributed by atoms with Crippen LogP contribution in [0.5, 0.6) is 0 Å². The number of fused-ring (bicyclic) bond motifs is 1. The summed E-state index contributed by atoms with van der Waals surface area (Å²) in [7, 11) is 0. The fraction of sp³-hybridized carbons (Fsp3) is 1.00. The molecule has 0 heteroatoms. The van der Waals surface area contributed by atoms with Crippen molar-refractivity contribution < 1.29 is 0 Å². The molecule has 0 amide bonds. The molecule has 70 valence electrons. The maximum atomic E-state index is 2.53. The second kappa shape index (κ2) is 2.49. The van der Waals surface area contributed by atoms with Gasteiger partial charge >= 0.3 is 0 Å². The SMILES string of the molecule is CCCC1C2CC1(C)C(C)C2C. The zero-order valence-electron chi connectivity index (χ0n) is 8.93. The van der Waals surface area contributed by atoms with Crippen molar-refractivity contribution in [3.63, 3.8) is 0 Å². The predicted molar refractivity (Wildman–Crippen MR) is 52.9 cm³/mol. The summed E-state index contributed by atoms with van der Waals surface area (Å²) in [5.41, 5.74) is 0.736. The normalized spacial score (nSPS) is 57.0. The van der Waals surface area contributed by atoms with Gasteiger partial charge in [0.05, 0.1) is 0 Å². The highest BCUT2D eigenvalue weighted by atomic mass is 14.7. The average molecular weight is 166 g/mol. The molecule has 0 aromatic carbocycles. The van der Waals surface area contributed by atoms with E-state index in [2.05, 4.69) is 27.7 Å². The Labute approximate surface area is 76.7 Å². The second-order valence-corrected chi connectivity index (χ2v) is 5.42. The van der Waals surface area contributed by atoms with Crippen LogP contribution in [0.1, 0.15) is 47.0 Å². The zero-order valence-corrected chi connectivity index (χ0v) is 8.93. The zero-order chi connectivity index (χ0) is 8.93. The summed E-state index contributed by atoms with van der Waals surface area (Å²) in [5.74, 6) is 4.16. The summed E-state index contributed by atoms with van der Waals surface area (Å²) in [6.45, 7) is 9.80. The smallest absolute Gasteiger partial charge is 0.0264 e. The first-order valence-electron chi connectivity index (χ1n) is 5.61. The predicted octanol–water partition coefficient (Wildman–Crippen LogP) is 3.71. The molecule has 0 N–H and O–H groups in total. The summed E-state index contributed by atoms with van der Waals surface area (Å²) in [6, 6.07) is 0. The molecule has 3 aliphatic carbocycles. The Hall–Kier alpha value is 0. The van der Waals surface area contributed by atoms with Crippen molar-refractivity contribution in [1.82, 2.24) is 0 Å². The molecule has 3 saturated carbocycles. The Morgan fingerprint density at radius 2 is 2.00 bits per heavy atom. The fourth-order valence-corrected chi connectivity index (χ4v) is 4.03. The minimum absolute atomic E-state index is 0.736. The summed E-state index contributed by atoms with van der Waals surface area (Å²) in [6.07, 6.45) is 4.39. The standard InChI is InChI=1S/C12H22/c1-5-6-11-10-7-12(11,4)9(3)8(10)2/h8-11H,5-7H2,1-4H3. The summed E-state index contributed by atoms with van der Waals surface area (Å²) in [4.78, 5) is 0. The quantitative estimate of drug-likeness (QED) is 0.586. The Kier molecular flexibility index (Phi) is 1.79. The van der Waals surface area contributed by atoms with Gasteiger partial charge in [-0.2, -0.15) is 0 Å². The van der Waals surface area contributed by atoms with Crippen LogP contribution >= 0.6 is 0 Å². The maximum Gasteiger partial charge on any atom is -0.0264 e. The van der Waals surface area contributed by atoms with E-state index in [-0.39, 0.29) is 0 Å². The van der Waals surface area contributed by atoms with Crippen molar-refractivity contribution >= 4 is 0 Å². The molecule has 0 aliphatic heterocycles. The Balaban J connectivity index is 2.12. The first kappa shape index (κ1) is 8.59. The van der Waals surface area contributed by atoms with Crippen molar-refractivity contribution in [2.75, 3.05) is 0 Å². The van der Waals surface area contributed by atoms with Crippen LogP contribution in [0, 0.1) is 29.1 Å². The van der Waals surface area contributed by atoms with Crippen LogP contribution in [0.15, 0.2) is 0 Å². The van der Waals surface area contributed by atoms with Gasteiger partial charge in [0.15, 0.2) is 0 Å². The third-order valence-corrected chi connectivity index (χ3v) is 5.14. The molecule has 0 nitrogen and oxygen atoms in total. The van der Waals surface area contributed by atoms with Gasteiger partial charge in [-0.1, -0.05) is 34.1 Å². The van der Waals surface area contributed by atoms with Gasteiger partial charge in [0.25, 0.3) is 0 Å². The lowest BCUT2D eigenvalue weighted by molar-refractivity contribution is 0.0196. The average Bonchev–Trinajstić information content (AvgIpc) is 2.35. The van der Waals surface area contributed by atoms with Gasteiger partial charge in [-0.3, -0.25) is 0 Å². The lowest BCUT2D eigenvalue weighted by Gasteiger charge is -2.47. The molecule has 0 aromatic heterocycles. The number of hydrogen-bond acceptors (Lipinski definition) is 0. The number of hydrogen-bond donors (Lipinski definition) is 0. The molecule has 3 aliphatic rings. The Morgan fingerprint density at radius 3 is 2.33 bits per heavy atom. The van der Waals surface area contributed by atoms with Crippen molar-refractivity contribution in [3.8, 4) is 0 Å². The van der Waals surface area contributed by atoms with Gasteiger partial charge in [0.2, 0.25) is 0 Å².